The monoisotopic (exact) mass is 356 g/mol. The van der Waals surface area contributed by atoms with Gasteiger partial charge in [-0.25, -0.2) is 8.78 Å². The molecule has 136 valence electrons. The van der Waals surface area contributed by atoms with Crippen molar-refractivity contribution < 1.29 is 22.3 Å². The lowest BCUT2D eigenvalue weighted by Gasteiger charge is -2.21. The number of nitrogens with one attached hydrogen (secondary N) is 2. The molecule has 2 aliphatic heterocycles. The molecule has 0 amide bonds. The van der Waals surface area contributed by atoms with Gasteiger partial charge in [0.15, 0.2) is 17.4 Å². The van der Waals surface area contributed by atoms with Crippen molar-refractivity contribution in [2.45, 2.75) is 31.7 Å². The van der Waals surface area contributed by atoms with Gasteiger partial charge < -0.3 is 15.4 Å². The molecule has 1 unspecified atom stereocenters. The summed E-state index contributed by atoms with van der Waals surface area (Å²) in [6.07, 6.45) is 4.11. The highest BCUT2D eigenvalue weighted by Gasteiger charge is 2.34. The molecule has 0 spiro atoms. The second kappa shape index (κ2) is 7.47. The fourth-order valence-electron chi connectivity index (χ4n) is 3.41. The largest absolute Gasteiger partial charge is 0.483 e. The third-order valence-electron chi connectivity index (χ3n) is 4.51. The van der Waals surface area contributed by atoms with E-state index in [4.69, 9.17) is 4.74 Å². The van der Waals surface area contributed by atoms with Crippen molar-refractivity contribution in [1.82, 2.24) is 10.6 Å². The van der Waals surface area contributed by atoms with Crippen molar-refractivity contribution in [2.24, 2.45) is 0 Å². The second-order valence-electron chi connectivity index (χ2n) is 6.13. The Morgan fingerprint density at radius 3 is 2.32 bits per heavy atom. The Kier molecular flexibility index (Phi) is 5.32. The first-order valence-corrected chi connectivity index (χ1v) is 8.36. The summed E-state index contributed by atoms with van der Waals surface area (Å²) in [6, 6.07) is -0.344. The van der Waals surface area contributed by atoms with E-state index in [-0.39, 0.29) is 18.2 Å². The van der Waals surface area contributed by atoms with Gasteiger partial charge in [-0.3, -0.25) is 0 Å². The van der Waals surface area contributed by atoms with E-state index in [1.54, 1.807) is 0 Å². The molecular formula is C18H20F4N2O. The third-order valence-corrected chi connectivity index (χ3v) is 4.51. The number of ether oxygens (including phenoxy) is 1. The molecule has 0 aliphatic carbocycles. The predicted molar refractivity (Wildman–Crippen MR) is 87.1 cm³/mol. The smallest absolute Gasteiger partial charge is 0.204 e. The first kappa shape index (κ1) is 17.8. The molecule has 3 rings (SSSR count). The van der Waals surface area contributed by atoms with Crippen LogP contribution >= 0.6 is 0 Å². The van der Waals surface area contributed by atoms with Gasteiger partial charge in [-0.15, -0.1) is 0 Å². The van der Waals surface area contributed by atoms with Crippen LogP contribution in [0.25, 0.3) is 5.57 Å². The molecule has 1 aromatic rings. The van der Waals surface area contributed by atoms with E-state index in [0.717, 1.165) is 12.8 Å². The van der Waals surface area contributed by atoms with Crippen LogP contribution in [0.3, 0.4) is 0 Å². The highest BCUT2D eigenvalue weighted by atomic mass is 19.2. The molecule has 2 saturated heterocycles. The van der Waals surface area contributed by atoms with Crippen LogP contribution in [0.1, 0.15) is 31.2 Å². The van der Waals surface area contributed by atoms with Crippen LogP contribution in [-0.4, -0.2) is 25.7 Å². The molecule has 0 saturated carbocycles. The van der Waals surface area contributed by atoms with Gasteiger partial charge in [0, 0.05) is 23.9 Å². The Morgan fingerprint density at radius 1 is 1.08 bits per heavy atom. The maximum atomic E-state index is 14.7. The molecule has 0 bridgehead atoms. The van der Waals surface area contributed by atoms with E-state index in [0.29, 0.717) is 31.6 Å². The summed E-state index contributed by atoms with van der Waals surface area (Å²) in [6.45, 7) is 4.45. The van der Waals surface area contributed by atoms with Gasteiger partial charge >= 0.3 is 0 Å². The third kappa shape index (κ3) is 3.25. The Labute approximate surface area is 143 Å². The van der Waals surface area contributed by atoms with E-state index in [9.17, 15) is 17.6 Å². The van der Waals surface area contributed by atoms with Crippen molar-refractivity contribution in [1.29, 1.82) is 0 Å². The number of hydrogen-bond donors (Lipinski definition) is 2. The number of rotatable bonds is 5. The van der Waals surface area contributed by atoms with Gasteiger partial charge in [-0.2, -0.15) is 8.78 Å². The maximum Gasteiger partial charge on any atom is 0.204 e. The van der Waals surface area contributed by atoms with Crippen molar-refractivity contribution >= 4 is 5.57 Å². The zero-order valence-electron chi connectivity index (χ0n) is 13.7. The summed E-state index contributed by atoms with van der Waals surface area (Å²) in [4.78, 5) is 0. The molecule has 1 aromatic carbocycles. The maximum absolute atomic E-state index is 14.7. The Balaban J connectivity index is 2.16. The van der Waals surface area contributed by atoms with Crippen molar-refractivity contribution in [2.75, 3.05) is 19.7 Å². The Bertz CT molecular complexity index is 675. The van der Waals surface area contributed by atoms with Crippen LogP contribution in [-0.2, 0) is 0 Å². The number of halogens is 4. The minimum absolute atomic E-state index is 0.258. The number of benzene rings is 1. The average Bonchev–Trinajstić information content (AvgIpc) is 3.31. The van der Waals surface area contributed by atoms with Crippen LogP contribution in [0, 0.1) is 23.3 Å². The zero-order valence-corrected chi connectivity index (χ0v) is 13.7. The van der Waals surface area contributed by atoms with Crippen LogP contribution < -0.4 is 15.4 Å². The van der Waals surface area contributed by atoms with E-state index >= 15 is 0 Å². The topological polar surface area (TPSA) is 33.3 Å². The van der Waals surface area contributed by atoms with Gasteiger partial charge in [0.05, 0.1) is 5.56 Å². The van der Waals surface area contributed by atoms with Gasteiger partial charge in [0.1, 0.15) is 6.61 Å². The summed E-state index contributed by atoms with van der Waals surface area (Å²) in [5.41, 5.74) is 0.263. The summed E-state index contributed by atoms with van der Waals surface area (Å²) >= 11 is 0. The van der Waals surface area contributed by atoms with Gasteiger partial charge in [0.2, 0.25) is 11.6 Å². The minimum atomic E-state index is -1.52. The molecule has 0 aromatic heterocycles. The van der Waals surface area contributed by atoms with Crippen molar-refractivity contribution in [3.05, 3.63) is 47.2 Å². The summed E-state index contributed by atoms with van der Waals surface area (Å²) in [5.74, 6) is -6.96. The van der Waals surface area contributed by atoms with Crippen LogP contribution in [0.4, 0.5) is 17.6 Å². The average molecular weight is 356 g/mol. The first-order chi connectivity index (χ1) is 12.1. The number of allylic oxidation sites excluding steroid dienone is 1. The van der Waals surface area contributed by atoms with Crippen molar-refractivity contribution in [3.63, 3.8) is 0 Å². The second-order valence-corrected chi connectivity index (χ2v) is 6.13. The quantitative estimate of drug-likeness (QED) is 0.480. The summed E-state index contributed by atoms with van der Waals surface area (Å²) < 4.78 is 62.9. The molecule has 25 heavy (non-hydrogen) atoms. The van der Waals surface area contributed by atoms with Gasteiger partial charge in [-0.1, -0.05) is 12.7 Å². The van der Waals surface area contributed by atoms with Gasteiger partial charge in [0.25, 0.3) is 0 Å². The molecule has 2 N–H and O–H groups in total. The van der Waals surface area contributed by atoms with E-state index in [2.05, 4.69) is 17.2 Å². The summed E-state index contributed by atoms with van der Waals surface area (Å²) in [5, 5.41) is 6.24. The Morgan fingerprint density at radius 2 is 1.80 bits per heavy atom. The first-order valence-electron chi connectivity index (χ1n) is 8.36. The number of hydrogen-bond acceptors (Lipinski definition) is 3. The fraction of sp³-hybridized carbons (Fsp3) is 0.444. The molecule has 2 fully saturated rings. The summed E-state index contributed by atoms with van der Waals surface area (Å²) in [7, 11) is 0. The van der Waals surface area contributed by atoms with Gasteiger partial charge in [-0.05, 0) is 32.2 Å². The predicted octanol–water partition coefficient (Wildman–Crippen LogP) is 3.65. The van der Waals surface area contributed by atoms with Crippen LogP contribution in [0.2, 0.25) is 0 Å². The molecule has 2 heterocycles. The van der Waals surface area contributed by atoms with E-state index in [1.807, 2.05) is 0 Å². The molecule has 7 heteroatoms. The lowest BCUT2D eigenvalue weighted by atomic mass is 9.93. The molecule has 3 nitrogen and oxygen atoms in total. The van der Waals surface area contributed by atoms with E-state index in [1.165, 1.54) is 6.08 Å². The lowest BCUT2D eigenvalue weighted by Crippen LogP contribution is -2.27. The minimum Gasteiger partial charge on any atom is -0.483 e. The SMILES string of the molecule is C=CCOc1c(F)c(F)c(C(=C2CCCN2)C2CCCN2)c(F)c1F. The van der Waals surface area contributed by atoms with Crippen LogP contribution in [0.5, 0.6) is 5.75 Å². The van der Waals surface area contributed by atoms with Crippen LogP contribution in [0.15, 0.2) is 18.4 Å². The standard InChI is InChI=1S/C18H20F4N2O/c1-2-9-25-18-16(21)14(19)13(15(20)17(18)22)12(10-5-3-7-23-10)11-6-4-8-24-11/h2,10,23-24H,1,3-9H2. The van der Waals surface area contributed by atoms with Crippen molar-refractivity contribution in [3.8, 4) is 5.75 Å². The Hall–Kier alpha value is -2.02. The molecule has 0 radical (unpaired) electrons. The lowest BCUT2D eigenvalue weighted by molar-refractivity contribution is 0.301. The molecular weight excluding hydrogens is 336 g/mol. The normalized spacial score (nSPS) is 22.0. The zero-order chi connectivity index (χ0) is 18.0. The fourth-order valence-corrected chi connectivity index (χ4v) is 3.41. The molecule has 1 atom stereocenters. The molecule has 2 aliphatic rings. The van der Waals surface area contributed by atoms with E-state index < -0.39 is 34.6 Å². The highest BCUT2D eigenvalue weighted by Crippen LogP contribution is 2.38. The highest BCUT2D eigenvalue weighted by molar-refractivity contribution is 5.74.